The zero-order valence-electron chi connectivity index (χ0n) is 20.2. The molecule has 0 bridgehead atoms. The van der Waals surface area contributed by atoms with Gasteiger partial charge in [0.15, 0.2) is 0 Å². The van der Waals surface area contributed by atoms with E-state index in [-0.39, 0.29) is 18.5 Å². The molecule has 35 heavy (non-hydrogen) atoms. The number of benzene rings is 4. The smallest absolute Gasteiger partial charge is 0.305 e. The maximum absolute atomic E-state index is 12.1. The van der Waals surface area contributed by atoms with Crippen molar-refractivity contribution < 1.29 is 14.6 Å². The topological polar surface area (TPSA) is 49.8 Å². The molecule has 1 N–H and O–H groups in total. The van der Waals surface area contributed by atoms with Crippen LogP contribution in [0.1, 0.15) is 42.1 Å². The quantitative estimate of drug-likeness (QED) is 0.270. The first-order valence-electron chi connectivity index (χ1n) is 11.9. The maximum atomic E-state index is 12.1. The van der Waals surface area contributed by atoms with E-state index in [1.165, 1.54) is 0 Å². The van der Waals surface area contributed by atoms with Gasteiger partial charge in [-0.15, -0.1) is 0 Å². The SMILES string of the molecule is COc1ccc(-c2cccc(C(CC(=O)O)N(Cc3ccccc3)[C@H](C)c3ccccc3)c2)cc1. The number of nitrogens with zero attached hydrogens (tertiary/aromatic N) is 1. The summed E-state index contributed by atoms with van der Waals surface area (Å²) in [5, 5.41) is 9.92. The molecule has 0 aliphatic rings. The van der Waals surface area contributed by atoms with Crippen LogP contribution >= 0.6 is 0 Å². The van der Waals surface area contributed by atoms with Crippen LogP contribution in [0.3, 0.4) is 0 Å². The number of hydrogen-bond donors (Lipinski definition) is 1. The molecule has 0 spiro atoms. The third-order valence-corrected chi connectivity index (χ3v) is 6.45. The Morgan fingerprint density at radius 3 is 2.06 bits per heavy atom. The molecule has 2 atom stereocenters. The number of hydrogen-bond acceptors (Lipinski definition) is 3. The molecule has 0 saturated carbocycles. The molecule has 4 aromatic carbocycles. The average Bonchev–Trinajstić information content (AvgIpc) is 2.91. The molecule has 0 aromatic heterocycles. The van der Waals surface area contributed by atoms with Gasteiger partial charge in [0, 0.05) is 18.6 Å². The van der Waals surface area contributed by atoms with Gasteiger partial charge in [0.1, 0.15) is 5.75 Å². The highest BCUT2D eigenvalue weighted by Gasteiger charge is 2.28. The Bertz CT molecular complexity index is 1220. The second-order valence-corrected chi connectivity index (χ2v) is 8.71. The van der Waals surface area contributed by atoms with Crippen LogP contribution in [0.15, 0.2) is 109 Å². The largest absolute Gasteiger partial charge is 0.497 e. The minimum Gasteiger partial charge on any atom is -0.497 e. The van der Waals surface area contributed by atoms with Crippen molar-refractivity contribution in [2.75, 3.05) is 7.11 Å². The first-order chi connectivity index (χ1) is 17.0. The normalized spacial score (nSPS) is 12.8. The fraction of sp³-hybridized carbons (Fsp3) is 0.194. The van der Waals surface area contributed by atoms with Gasteiger partial charge in [0.25, 0.3) is 0 Å². The van der Waals surface area contributed by atoms with Crippen LogP contribution in [0.5, 0.6) is 5.75 Å². The lowest BCUT2D eigenvalue weighted by Gasteiger charge is -2.37. The predicted molar refractivity (Wildman–Crippen MR) is 140 cm³/mol. The summed E-state index contributed by atoms with van der Waals surface area (Å²) in [4.78, 5) is 14.4. The highest BCUT2D eigenvalue weighted by Crippen LogP contribution is 2.36. The molecule has 1 unspecified atom stereocenters. The molecule has 0 fully saturated rings. The summed E-state index contributed by atoms with van der Waals surface area (Å²) in [6, 6.07) is 36.4. The Labute approximate surface area is 207 Å². The van der Waals surface area contributed by atoms with Gasteiger partial charge >= 0.3 is 5.97 Å². The number of ether oxygens (including phenoxy) is 1. The molecule has 0 aliphatic heterocycles. The minimum absolute atomic E-state index is 0.00999. The van der Waals surface area contributed by atoms with Gasteiger partial charge in [-0.05, 0) is 52.9 Å². The van der Waals surface area contributed by atoms with Gasteiger partial charge in [-0.25, -0.2) is 0 Å². The molecule has 0 amide bonds. The predicted octanol–water partition coefficient (Wildman–Crippen LogP) is 7.14. The maximum Gasteiger partial charge on any atom is 0.305 e. The standard InChI is InChI=1S/C31H31NO3/c1-23(25-12-7-4-8-13-25)32(22-24-10-5-3-6-11-24)30(21-31(33)34)28-15-9-14-27(20-28)26-16-18-29(35-2)19-17-26/h3-20,23,30H,21-22H2,1-2H3,(H,33,34)/t23-,30?/m1/s1. The molecule has 0 radical (unpaired) electrons. The van der Waals surface area contributed by atoms with Crippen molar-refractivity contribution in [2.45, 2.75) is 32.0 Å². The van der Waals surface area contributed by atoms with E-state index >= 15 is 0 Å². The molecular formula is C31H31NO3. The fourth-order valence-electron chi connectivity index (χ4n) is 4.54. The summed E-state index contributed by atoms with van der Waals surface area (Å²) in [5.74, 6) is -0.0115. The molecule has 4 aromatic rings. The number of carbonyl (C=O) groups is 1. The minimum atomic E-state index is -0.817. The van der Waals surface area contributed by atoms with Crippen molar-refractivity contribution >= 4 is 5.97 Å². The number of aliphatic carboxylic acids is 1. The summed E-state index contributed by atoms with van der Waals surface area (Å²) < 4.78 is 5.30. The molecular weight excluding hydrogens is 434 g/mol. The highest BCUT2D eigenvalue weighted by atomic mass is 16.5. The molecule has 0 aliphatic carbocycles. The van der Waals surface area contributed by atoms with Gasteiger partial charge in [0.05, 0.1) is 13.5 Å². The Balaban J connectivity index is 1.75. The summed E-state index contributed by atoms with van der Waals surface area (Å²) in [6.07, 6.45) is 0.00999. The van der Waals surface area contributed by atoms with Crippen LogP contribution in [0.4, 0.5) is 0 Å². The number of carboxylic acid groups (broad SMARTS) is 1. The van der Waals surface area contributed by atoms with Crippen molar-refractivity contribution in [1.29, 1.82) is 0 Å². The van der Waals surface area contributed by atoms with Crippen LogP contribution in [0.2, 0.25) is 0 Å². The Morgan fingerprint density at radius 1 is 0.800 bits per heavy atom. The van der Waals surface area contributed by atoms with Gasteiger partial charge < -0.3 is 9.84 Å². The number of carboxylic acids is 1. The lowest BCUT2D eigenvalue weighted by atomic mass is 9.94. The second kappa shape index (κ2) is 11.5. The lowest BCUT2D eigenvalue weighted by molar-refractivity contribution is -0.138. The molecule has 178 valence electrons. The molecule has 0 saturated heterocycles. The monoisotopic (exact) mass is 465 g/mol. The average molecular weight is 466 g/mol. The Morgan fingerprint density at radius 2 is 1.43 bits per heavy atom. The number of methoxy groups -OCH3 is 1. The second-order valence-electron chi connectivity index (χ2n) is 8.71. The first-order valence-corrected chi connectivity index (χ1v) is 11.9. The van der Waals surface area contributed by atoms with Gasteiger partial charge in [-0.1, -0.05) is 91.0 Å². The summed E-state index contributed by atoms with van der Waals surface area (Å²) in [5.41, 5.74) is 5.40. The van der Waals surface area contributed by atoms with Gasteiger partial charge in [-0.2, -0.15) is 0 Å². The van der Waals surface area contributed by atoms with Gasteiger partial charge in [0.2, 0.25) is 0 Å². The molecule has 4 nitrogen and oxygen atoms in total. The van der Waals surface area contributed by atoms with E-state index < -0.39 is 5.97 Å². The Hall–Kier alpha value is -3.89. The van der Waals surface area contributed by atoms with Crippen molar-refractivity contribution in [1.82, 2.24) is 4.90 Å². The third kappa shape index (κ3) is 6.17. The lowest BCUT2D eigenvalue weighted by Crippen LogP contribution is -2.32. The van der Waals surface area contributed by atoms with E-state index in [0.717, 1.165) is 33.6 Å². The third-order valence-electron chi connectivity index (χ3n) is 6.45. The van der Waals surface area contributed by atoms with E-state index in [2.05, 4.69) is 48.2 Å². The van der Waals surface area contributed by atoms with Crippen LogP contribution in [-0.2, 0) is 11.3 Å². The summed E-state index contributed by atoms with van der Waals surface area (Å²) in [6.45, 7) is 2.79. The summed E-state index contributed by atoms with van der Waals surface area (Å²) >= 11 is 0. The van der Waals surface area contributed by atoms with E-state index in [1.807, 2.05) is 72.8 Å². The van der Waals surface area contributed by atoms with Crippen LogP contribution in [-0.4, -0.2) is 23.1 Å². The zero-order chi connectivity index (χ0) is 24.6. The Kier molecular flexibility index (Phi) is 7.96. The van der Waals surface area contributed by atoms with E-state index in [4.69, 9.17) is 4.74 Å². The molecule has 0 heterocycles. The summed E-state index contributed by atoms with van der Waals surface area (Å²) in [7, 11) is 1.65. The van der Waals surface area contributed by atoms with Crippen molar-refractivity contribution in [3.8, 4) is 16.9 Å². The van der Waals surface area contributed by atoms with Crippen molar-refractivity contribution in [2.24, 2.45) is 0 Å². The van der Waals surface area contributed by atoms with E-state index in [1.54, 1.807) is 7.11 Å². The highest BCUT2D eigenvalue weighted by molar-refractivity contribution is 5.69. The zero-order valence-corrected chi connectivity index (χ0v) is 20.2. The van der Waals surface area contributed by atoms with Gasteiger partial charge in [-0.3, -0.25) is 9.69 Å². The van der Waals surface area contributed by atoms with Crippen molar-refractivity contribution in [3.05, 3.63) is 126 Å². The van der Waals surface area contributed by atoms with E-state index in [9.17, 15) is 9.90 Å². The van der Waals surface area contributed by atoms with Crippen LogP contribution < -0.4 is 4.74 Å². The van der Waals surface area contributed by atoms with Crippen LogP contribution in [0, 0.1) is 0 Å². The molecule has 4 rings (SSSR count). The molecule has 4 heteroatoms. The fourth-order valence-corrected chi connectivity index (χ4v) is 4.54. The first kappa shape index (κ1) is 24.2. The number of rotatable bonds is 10. The van der Waals surface area contributed by atoms with Crippen molar-refractivity contribution in [3.63, 3.8) is 0 Å². The van der Waals surface area contributed by atoms with E-state index in [0.29, 0.717) is 6.54 Å². The van der Waals surface area contributed by atoms with Crippen LogP contribution in [0.25, 0.3) is 11.1 Å².